The van der Waals surface area contributed by atoms with Crippen molar-refractivity contribution in [2.45, 2.75) is 18.8 Å². The Labute approximate surface area is 165 Å². The van der Waals surface area contributed by atoms with Crippen LogP contribution in [0.3, 0.4) is 0 Å². The van der Waals surface area contributed by atoms with Crippen molar-refractivity contribution in [2.24, 2.45) is 0 Å². The summed E-state index contributed by atoms with van der Waals surface area (Å²) in [5.74, 6) is 0.637. The normalized spacial score (nSPS) is 18.3. The Morgan fingerprint density at radius 2 is 1.71 bits per heavy atom. The van der Waals surface area contributed by atoms with Gasteiger partial charge in [0.1, 0.15) is 17.3 Å². The van der Waals surface area contributed by atoms with Gasteiger partial charge in [-0.15, -0.1) is 0 Å². The lowest BCUT2D eigenvalue weighted by atomic mass is 9.75. The summed E-state index contributed by atoms with van der Waals surface area (Å²) in [6, 6.07) is 18.9. The SMILES string of the molecule is Cc1cc(F)cc(C2COc3cc(O)ccc3C2c2ccc(N(C)C)cc2)c1. The van der Waals surface area contributed by atoms with Gasteiger partial charge < -0.3 is 14.7 Å². The number of anilines is 1. The van der Waals surface area contributed by atoms with E-state index in [2.05, 4.69) is 29.2 Å². The fourth-order valence-electron chi connectivity index (χ4n) is 4.06. The Morgan fingerprint density at radius 1 is 0.964 bits per heavy atom. The van der Waals surface area contributed by atoms with Gasteiger partial charge in [0.25, 0.3) is 0 Å². The van der Waals surface area contributed by atoms with Crippen LogP contribution < -0.4 is 9.64 Å². The van der Waals surface area contributed by atoms with Crippen LogP contribution >= 0.6 is 0 Å². The highest BCUT2D eigenvalue weighted by molar-refractivity contribution is 5.53. The van der Waals surface area contributed by atoms with Crippen LogP contribution in [0.2, 0.25) is 0 Å². The molecule has 0 spiro atoms. The Balaban J connectivity index is 1.84. The van der Waals surface area contributed by atoms with Crippen LogP contribution in [-0.4, -0.2) is 25.8 Å². The smallest absolute Gasteiger partial charge is 0.126 e. The second-order valence-electron chi connectivity index (χ2n) is 7.67. The molecule has 1 N–H and O–H groups in total. The van der Waals surface area contributed by atoms with E-state index in [9.17, 15) is 9.50 Å². The van der Waals surface area contributed by atoms with Gasteiger partial charge in [-0.25, -0.2) is 4.39 Å². The van der Waals surface area contributed by atoms with Gasteiger partial charge in [0.15, 0.2) is 0 Å². The first-order chi connectivity index (χ1) is 13.4. The van der Waals surface area contributed by atoms with E-state index in [1.54, 1.807) is 24.3 Å². The molecule has 3 nitrogen and oxygen atoms in total. The molecule has 0 amide bonds. The first-order valence-corrected chi connectivity index (χ1v) is 9.42. The molecule has 4 rings (SSSR count). The summed E-state index contributed by atoms with van der Waals surface area (Å²) in [7, 11) is 4.03. The molecule has 3 aromatic rings. The van der Waals surface area contributed by atoms with Crippen LogP contribution in [0, 0.1) is 12.7 Å². The van der Waals surface area contributed by atoms with Crippen LogP contribution in [0.15, 0.2) is 60.7 Å². The van der Waals surface area contributed by atoms with Crippen molar-refractivity contribution in [3.8, 4) is 11.5 Å². The second-order valence-corrected chi connectivity index (χ2v) is 7.67. The molecule has 28 heavy (non-hydrogen) atoms. The summed E-state index contributed by atoms with van der Waals surface area (Å²) in [5, 5.41) is 9.86. The Morgan fingerprint density at radius 3 is 2.39 bits per heavy atom. The predicted molar refractivity (Wildman–Crippen MR) is 110 cm³/mol. The maximum Gasteiger partial charge on any atom is 0.126 e. The molecular formula is C24H24FNO2. The molecule has 0 aromatic heterocycles. The van der Waals surface area contributed by atoms with Crippen molar-refractivity contribution in [1.82, 2.24) is 0 Å². The Bertz CT molecular complexity index is 978. The van der Waals surface area contributed by atoms with Gasteiger partial charge in [-0.3, -0.25) is 0 Å². The van der Waals surface area contributed by atoms with Gasteiger partial charge >= 0.3 is 0 Å². The molecule has 0 saturated heterocycles. The lowest BCUT2D eigenvalue weighted by molar-refractivity contribution is 0.247. The van der Waals surface area contributed by atoms with Crippen molar-refractivity contribution in [3.63, 3.8) is 0 Å². The minimum absolute atomic E-state index is 0.0155. The lowest BCUT2D eigenvalue weighted by Crippen LogP contribution is -2.25. The molecule has 0 aliphatic carbocycles. The van der Waals surface area contributed by atoms with Crippen molar-refractivity contribution in [3.05, 3.63) is 88.7 Å². The maximum atomic E-state index is 14.1. The Kier molecular flexibility index (Phi) is 4.71. The molecule has 1 heterocycles. The number of ether oxygens (including phenoxy) is 1. The van der Waals surface area contributed by atoms with E-state index in [4.69, 9.17) is 4.74 Å². The van der Waals surface area contributed by atoms with Gasteiger partial charge in [-0.1, -0.05) is 24.3 Å². The zero-order valence-corrected chi connectivity index (χ0v) is 16.3. The largest absolute Gasteiger partial charge is 0.508 e. The van der Waals surface area contributed by atoms with Gasteiger partial charge in [0.05, 0.1) is 6.61 Å². The first-order valence-electron chi connectivity index (χ1n) is 9.42. The molecule has 2 unspecified atom stereocenters. The van der Waals surface area contributed by atoms with Crippen molar-refractivity contribution >= 4 is 5.69 Å². The van der Waals surface area contributed by atoms with Gasteiger partial charge in [-0.05, 0) is 53.9 Å². The number of fused-ring (bicyclic) bond motifs is 1. The van der Waals surface area contributed by atoms with E-state index in [1.807, 2.05) is 33.2 Å². The highest BCUT2D eigenvalue weighted by atomic mass is 19.1. The molecule has 4 heteroatoms. The minimum Gasteiger partial charge on any atom is -0.508 e. The van der Waals surface area contributed by atoms with E-state index in [1.165, 1.54) is 0 Å². The Hall–Kier alpha value is -3.01. The average Bonchev–Trinajstić information content (AvgIpc) is 2.66. The molecule has 1 aliphatic rings. The van der Waals surface area contributed by atoms with E-state index < -0.39 is 0 Å². The van der Waals surface area contributed by atoms with E-state index in [0.717, 1.165) is 27.9 Å². The summed E-state index contributed by atoms with van der Waals surface area (Å²) in [5.41, 5.74) is 5.10. The summed E-state index contributed by atoms with van der Waals surface area (Å²) in [6.07, 6.45) is 0. The quantitative estimate of drug-likeness (QED) is 0.680. The number of nitrogens with zero attached hydrogens (tertiary/aromatic N) is 1. The highest BCUT2D eigenvalue weighted by Gasteiger charge is 2.34. The van der Waals surface area contributed by atoms with Crippen LogP contribution in [0.4, 0.5) is 10.1 Å². The molecule has 0 saturated carbocycles. The first kappa shape index (κ1) is 18.4. The number of aromatic hydroxyl groups is 1. The lowest BCUT2D eigenvalue weighted by Gasteiger charge is -2.35. The number of phenols is 1. The number of hydrogen-bond donors (Lipinski definition) is 1. The summed E-state index contributed by atoms with van der Waals surface area (Å²) in [4.78, 5) is 2.06. The van der Waals surface area contributed by atoms with Crippen LogP contribution in [0.25, 0.3) is 0 Å². The van der Waals surface area contributed by atoms with E-state index in [-0.39, 0.29) is 23.4 Å². The topological polar surface area (TPSA) is 32.7 Å². The summed E-state index contributed by atoms with van der Waals surface area (Å²) in [6.45, 7) is 2.34. The number of halogens is 1. The fourth-order valence-corrected chi connectivity index (χ4v) is 4.06. The van der Waals surface area contributed by atoms with Crippen molar-refractivity contribution in [2.75, 3.05) is 25.6 Å². The van der Waals surface area contributed by atoms with Gasteiger partial charge in [-0.2, -0.15) is 0 Å². The third kappa shape index (κ3) is 3.42. The molecule has 3 aromatic carbocycles. The standard InChI is InChI=1S/C24H24FNO2/c1-15-10-17(12-18(25)11-15)22-14-28-23-13-20(27)8-9-21(23)24(22)16-4-6-19(7-5-16)26(2)3/h4-13,22,24,27H,14H2,1-3H3. The number of phenolic OH excluding ortho intramolecular Hbond substituents is 1. The number of hydrogen-bond acceptors (Lipinski definition) is 3. The summed E-state index contributed by atoms with van der Waals surface area (Å²) < 4.78 is 20.1. The van der Waals surface area contributed by atoms with Crippen molar-refractivity contribution < 1.29 is 14.2 Å². The summed E-state index contributed by atoms with van der Waals surface area (Å²) >= 11 is 0. The van der Waals surface area contributed by atoms with E-state index >= 15 is 0 Å². The second kappa shape index (κ2) is 7.19. The van der Waals surface area contributed by atoms with Crippen molar-refractivity contribution in [1.29, 1.82) is 0 Å². The molecule has 0 radical (unpaired) electrons. The fraction of sp³-hybridized carbons (Fsp3) is 0.250. The molecule has 0 bridgehead atoms. The monoisotopic (exact) mass is 377 g/mol. The zero-order chi connectivity index (χ0) is 19.8. The number of rotatable bonds is 3. The number of benzene rings is 3. The molecule has 1 aliphatic heterocycles. The third-order valence-electron chi connectivity index (χ3n) is 5.41. The average molecular weight is 377 g/mol. The minimum atomic E-state index is -0.229. The van der Waals surface area contributed by atoms with Crippen LogP contribution in [-0.2, 0) is 0 Å². The molecule has 2 atom stereocenters. The van der Waals surface area contributed by atoms with Crippen LogP contribution in [0.1, 0.15) is 34.1 Å². The zero-order valence-electron chi connectivity index (χ0n) is 16.3. The molecule has 144 valence electrons. The molecular weight excluding hydrogens is 353 g/mol. The number of aryl methyl sites for hydroxylation is 1. The maximum absolute atomic E-state index is 14.1. The van der Waals surface area contributed by atoms with Gasteiger partial charge in [0.2, 0.25) is 0 Å². The highest BCUT2D eigenvalue weighted by Crippen LogP contribution is 2.47. The van der Waals surface area contributed by atoms with Gasteiger partial charge in [0, 0.05) is 43.2 Å². The van der Waals surface area contributed by atoms with E-state index in [0.29, 0.717) is 12.4 Å². The molecule has 0 fully saturated rings. The van der Waals surface area contributed by atoms with Crippen LogP contribution in [0.5, 0.6) is 11.5 Å². The third-order valence-corrected chi connectivity index (χ3v) is 5.41. The predicted octanol–water partition coefficient (Wildman–Crippen LogP) is 5.21.